The van der Waals surface area contributed by atoms with Gasteiger partial charge in [0.2, 0.25) is 5.91 Å². The van der Waals surface area contributed by atoms with Gasteiger partial charge >= 0.3 is 0 Å². The Hall–Kier alpha value is -1.72. The Balaban J connectivity index is 2.10. The second-order valence-electron chi connectivity index (χ2n) is 3.67. The highest BCUT2D eigenvalue weighted by atomic mass is 32.1. The summed E-state index contributed by atoms with van der Waals surface area (Å²) in [6, 6.07) is 4.94. The second-order valence-corrected chi connectivity index (χ2v) is 4.65. The molecule has 0 bridgehead atoms. The van der Waals surface area contributed by atoms with E-state index in [2.05, 4.69) is 10.3 Å². The fraction of sp³-hybridized carbons (Fsp3) is 0.167. The minimum atomic E-state index is -0.630. The summed E-state index contributed by atoms with van der Waals surface area (Å²) in [5, 5.41) is 4.68. The summed E-state index contributed by atoms with van der Waals surface area (Å²) in [5.41, 5.74) is 7.52. The molecule has 0 aliphatic heterocycles. The van der Waals surface area contributed by atoms with Crippen molar-refractivity contribution in [1.29, 1.82) is 0 Å². The van der Waals surface area contributed by atoms with Crippen LogP contribution in [0.5, 0.6) is 0 Å². The number of carbonyl (C=O) groups excluding carboxylic acids is 1. The SMILES string of the molecule is Cc1ccncc1NC(=O)C(N)c1cccs1. The molecule has 2 aromatic rings. The van der Waals surface area contributed by atoms with Crippen LogP contribution in [0, 0.1) is 6.92 Å². The van der Waals surface area contributed by atoms with Crippen LogP contribution in [0.25, 0.3) is 0 Å². The van der Waals surface area contributed by atoms with Crippen LogP contribution in [0.15, 0.2) is 36.0 Å². The number of rotatable bonds is 3. The lowest BCUT2D eigenvalue weighted by atomic mass is 10.2. The zero-order chi connectivity index (χ0) is 12.3. The zero-order valence-electron chi connectivity index (χ0n) is 9.38. The average Bonchev–Trinajstić information content (AvgIpc) is 2.84. The van der Waals surface area contributed by atoms with Gasteiger partial charge in [-0.3, -0.25) is 9.78 Å². The third kappa shape index (κ3) is 2.69. The Bertz CT molecular complexity index is 510. The lowest BCUT2D eigenvalue weighted by Crippen LogP contribution is -2.27. The van der Waals surface area contributed by atoms with Crippen LogP contribution < -0.4 is 11.1 Å². The van der Waals surface area contributed by atoms with E-state index in [4.69, 9.17) is 5.73 Å². The minimum absolute atomic E-state index is 0.219. The maximum Gasteiger partial charge on any atom is 0.246 e. The Morgan fingerprint density at radius 1 is 1.53 bits per heavy atom. The Morgan fingerprint density at radius 2 is 2.35 bits per heavy atom. The van der Waals surface area contributed by atoms with E-state index in [9.17, 15) is 4.79 Å². The molecule has 2 rings (SSSR count). The lowest BCUT2D eigenvalue weighted by Gasteiger charge is -2.11. The molecule has 0 aliphatic carbocycles. The Morgan fingerprint density at radius 3 is 3.00 bits per heavy atom. The highest BCUT2D eigenvalue weighted by Crippen LogP contribution is 2.19. The predicted molar refractivity (Wildman–Crippen MR) is 68.9 cm³/mol. The lowest BCUT2D eigenvalue weighted by molar-refractivity contribution is -0.117. The number of nitrogens with one attached hydrogen (secondary N) is 1. The van der Waals surface area contributed by atoms with Crippen molar-refractivity contribution < 1.29 is 4.79 Å². The molecule has 1 unspecified atom stereocenters. The van der Waals surface area contributed by atoms with E-state index in [1.165, 1.54) is 11.3 Å². The first-order valence-electron chi connectivity index (χ1n) is 5.19. The van der Waals surface area contributed by atoms with Crippen LogP contribution in [-0.4, -0.2) is 10.9 Å². The van der Waals surface area contributed by atoms with Crippen molar-refractivity contribution in [3.8, 4) is 0 Å². The number of amides is 1. The number of aryl methyl sites for hydroxylation is 1. The smallest absolute Gasteiger partial charge is 0.246 e. The summed E-state index contributed by atoms with van der Waals surface area (Å²) in [7, 11) is 0. The van der Waals surface area contributed by atoms with Crippen LogP contribution in [0.1, 0.15) is 16.5 Å². The summed E-state index contributed by atoms with van der Waals surface area (Å²) in [6.07, 6.45) is 3.30. The van der Waals surface area contributed by atoms with Crippen LogP contribution in [0.2, 0.25) is 0 Å². The molecule has 0 saturated heterocycles. The zero-order valence-corrected chi connectivity index (χ0v) is 10.2. The number of nitrogens with two attached hydrogens (primary N) is 1. The first-order valence-corrected chi connectivity index (χ1v) is 6.07. The van der Waals surface area contributed by atoms with Crippen molar-refractivity contribution >= 4 is 22.9 Å². The normalized spacial score (nSPS) is 12.1. The molecular formula is C12H13N3OS. The number of thiophene rings is 1. The van der Waals surface area contributed by atoms with Crippen LogP contribution in [0.4, 0.5) is 5.69 Å². The third-order valence-corrected chi connectivity index (χ3v) is 3.38. The summed E-state index contributed by atoms with van der Waals surface area (Å²) < 4.78 is 0. The summed E-state index contributed by atoms with van der Waals surface area (Å²) >= 11 is 1.47. The first kappa shape index (κ1) is 11.8. The molecule has 5 heteroatoms. The molecule has 2 aromatic heterocycles. The maximum atomic E-state index is 11.9. The van der Waals surface area contributed by atoms with Crippen LogP contribution >= 0.6 is 11.3 Å². The average molecular weight is 247 g/mol. The molecule has 1 amide bonds. The first-order chi connectivity index (χ1) is 8.18. The van der Waals surface area contributed by atoms with E-state index in [0.29, 0.717) is 5.69 Å². The highest BCUT2D eigenvalue weighted by molar-refractivity contribution is 7.10. The molecule has 0 radical (unpaired) electrons. The quantitative estimate of drug-likeness (QED) is 0.872. The van der Waals surface area contributed by atoms with Gasteiger partial charge in [0.15, 0.2) is 0 Å². The van der Waals surface area contributed by atoms with Crippen molar-refractivity contribution in [3.05, 3.63) is 46.4 Å². The molecule has 4 nitrogen and oxygen atoms in total. The summed E-state index contributed by atoms with van der Waals surface area (Å²) in [4.78, 5) is 16.7. The van der Waals surface area contributed by atoms with E-state index in [0.717, 1.165) is 10.4 Å². The molecule has 0 aromatic carbocycles. The number of hydrogen-bond donors (Lipinski definition) is 2. The van der Waals surface area contributed by atoms with E-state index in [1.807, 2.05) is 30.5 Å². The van der Waals surface area contributed by atoms with Crippen molar-refractivity contribution in [1.82, 2.24) is 4.98 Å². The molecule has 0 fully saturated rings. The van der Waals surface area contributed by atoms with Gasteiger partial charge in [0.05, 0.1) is 11.9 Å². The van der Waals surface area contributed by atoms with Gasteiger partial charge in [-0.1, -0.05) is 6.07 Å². The minimum Gasteiger partial charge on any atom is -0.323 e. The van der Waals surface area contributed by atoms with E-state index < -0.39 is 6.04 Å². The standard InChI is InChI=1S/C12H13N3OS/c1-8-4-5-14-7-9(8)15-12(16)11(13)10-3-2-6-17-10/h2-7,11H,13H2,1H3,(H,15,16). The van der Waals surface area contributed by atoms with Gasteiger partial charge in [-0.2, -0.15) is 0 Å². The van der Waals surface area contributed by atoms with Gasteiger partial charge in [-0.05, 0) is 30.0 Å². The van der Waals surface area contributed by atoms with Crippen molar-refractivity contribution in [2.45, 2.75) is 13.0 Å². The molecule has 2 heterocycles. The Labute approximate surface area is 103 Å². The van der Waals surface area contributed by atoms with Crippen LogP contribution in [-0.2, 0) is 4.79 Å². The monoisotopic (exact) mass is 247 g/mol. The van der Waals surface area contributed by atoms with Crippen molar-refractivity contribution in [2.24, 2.45) is 5.73 Å². The van der Waals surface area contributed by atoms with Gasteiger partial charge in [0, 0.05) is 11.1 Å². The van der Waals surface area contributed by atoms with Gasteiger partial charge in [0.1, 0.15) is 6.04 Å². The van der Waals surface area contributed by atoms with E-state index in [1.54, 1.807) is 12.4 Å². The molecule has 1 atom stereocenters. The number of nitrogens with zero attached hydrogens (tertiary/aromatic N) is 1. The summed E-state index contributed by atoms with van der Waals surface area (Å²) in [5.74, 6) is -0.219. The van der Waals surface area contributed by atoms with Gasteiger partial charge < -0.3 is 11.1 Å². The fourth-order valence-corrected chi connectivity index (χ4v) is 2.13. The number of aromatic nitrogens is 1. The second kappa shape index (κ2) is 5.07. The highest BCUT2D eigenvalue weighted by Gasteiger charge is 2.17. The number of carbonyl (C=O) groups is 1. The number of hydrogen-bond acceptors (Lipinski definition) is 4. The largest absolute Gasteiger partial charge is 0.323 e. The molecule has 0 aliphatic rings. The fourth-order valence-electron chi connectivity index (χ4n) is 1.40. The molecule has 17 heavy (non-hydrogen) atoms. The topological polar surface area (TPSA) is 68.0 Å². The van der Waals surface area contributed by atoms with E-state index in [-0.39, 0.29) is 5.91 Å². The molecule has 3 N–H and O–H groups in total. The van der Waals surface area contributed by atoms with E-state index >= 15 is 0 Å². The molecular weight excluding hydrogens is 234 g/mol. The summed E-state index contributed by atoms with van der Waals surface area (Å²) in [6.45, 7) is 1.91. The van der Waals surface area contributed by atoms with Crippen molar-refractivity contribution in [3.63, 3.8) is 0 Å². The van der Waals surface area contributed by atoms with Gasteiger partial charge in [-0.15, -0.1) is 11.3 Å². The number of anilines is 1. The van der Waals surface area contributed by atoms with Gasteiger partial charge in [-0.25, -0.2) is 0 Å². The van der Waals surface area contributed by atoms with Gasteiger partial charge in [0.25, 0.3) is 0 Å². The molecule has 88 valence electrons. The molecule has 0 saturated carbocycles. The third-order valence-electron chi connectivity index (χ3n) is 2.43. The Kier molecular flexibility index (Phi) is 3.51. The number of pyridine rings is 1. The predicted octanol–water partition coefficient (Wildman–Crippen LogP) is 2.09. The van der Waals surface area contributed by atoms with Crippen LogP contribution in [0.3, 0.4) is 0 Å². The van der Waals surface area contributed by atoms with Crippen molar-refractivity contribution in [2.75, 3.05) is 5.32 Å². The molecule has 0 spiro atoms. The maximum absolute atomic E-state index is 11.9.